The molecule has 0 atom stereocenters. The summed E-state index contributed by atoms with van der Waals surface area (Å²) in [6.45, 7) is 5.61. The van der Waals surface area contributed by atoms with Gasteiger partial charge in [0.15, 0.2) is 0 Å². The van der Waals surface area contributed by atoms with E-state index in [2.05, 4.69) is 0 Å². The van der Waals surface area contributed by atoms with Crippen molar-refractivity contribution in [2.24, 2.45) is 5.73 Å². The molecule has 0 heterocycles. The molecule has 0 spiro atoms. The highest BCUT2D eigenvalue weighted by molar-refractivity contribution is 5.95. The molecule has 0 aromatic heterocycles. The zero-order chi connectivity index (χ0) is 7.44. The Morgan fingerprint density at radius 3 is 2.00 bits per heavy atom. The zero-order valence-corrected chi connectivity index (χ0v) is 6.28. The summed E-state index contributed by atoms with van der Waals surface area (Å²) in [4.78, 5) is 0. The Morgan fingerprint density at radius 1 is 1.44 bits per heavy atom. The van der Waals surface area contributed by atoms with Gasteiger partial charge in [-0.15, -0.1) is 0 Å². The molecule has 0 fully saturated rings. The molecule has 0 radical (unpaired) electrons. The van der Waals surface area contributed by atoms with Gasteiger partial charge in [-0.3, -0.25) is 0 Å². The third kappa shape index (κ3) is 2.31. The topological polar surface area (TPSA) is 49.9 Å². The molecule has 2 heteroatoms. The van der Waals surface area contributed by atoms with Gasteiger partial charge in [0.1, 0.15) is 0 Å². The Morgan fingerprint density at radius 2 is 1.89 bits per heavy atom. The number of nitrogens with two attached hydrogens (primary N) is 1. The molecule has 52 valence electrons. The molecular weight excluding hydrogens is 112 g/mol. The lowest BCUT2D eigenvalue weighted by molar-refractivity contribution is 1.04. The van der Waals surface area contributed by atoms with E-state index in [1.165, 1.54) is 0 Å². The molecule has 0 aliphatic heterocycles. The molecule has 0 aliphatic carbocycles. The molecule has 9 heavy (non-hydrogen) atoms. The fraction of sp³-hybridized carbons (Fsp3) is 0.571. The van der Waals surface area contributed by atoms with E-state index in [9.17, 15) is 0 Å². The third-order valence-electron chi connectivity index (χ3n) is 1.43. The van der Waals surface area contributed by atoms with Crippen LogP contribution in [0, 0.1) is 5.41 Å². The quantitative estimate of drug-likeness (QED) is 0.543. The summed E-state index contributed by atoms with van der Waals surface area (Å²) in [5, 5.41) is 7.20. The van der Waals surface area contributed by atoms with Gasteiger partial charge in [0, 0.05) is 11.4 Å². The highest BCUT2D eigenvalue weighted by Crippen LogP contribution is 2.01. The largest absolute Gasteiger partial charge is 0.402 e. The lowest BCUT2D eigenvalue weighted by Crippen LogP contribution is -2.04. The SMILES string of the molecule is CC/C(N)=C(\C)C(C)=N. The van der Waals surface area contributed by atoms with Crippen molar-refractivity contribution in [2.75, 3.05) is 0 Å². The lowest BCUT2D eigenvalue weighted by Gasteiger charge is -2.01. The molecule has 0 unspecified atom stereocenters. The molecule has 0 aromatic carbocycles. The van der Waals surface area contributed by atoms with E-state index in [1.54, 1.807) is 6.92 Å². The first-order chi connectivity index (χ1) is 4.09. The lowest BCUT2D eigenvalue weighted by atomic mass is 10.1. The molecular formula is C7H14N2. The Hall–Kier alpha value is -0.790. The van der Waals surface area contributed by atoms with Crippen molar-refractivity contribution in [1.29, 1.82) is 5.41 Å². The number of hydrogen-bond donors (Lipinski definition) is 2. The van der Waals surface area contributed by atoms with Gasteiger partial charge in [0.05, 0.1) is 0 Å². The van der Waals surface area contributed by atoms with Crippen molar-refractivity contribution >= 4 is 5.71 Å². The van der Waals surface area contributed by atoms with Crippen LogP contribution in [-0.2, 0) is 0 Å². The second kappa shape index (κ2) is 3.28. The average molecular weight is 126 g/mol. The maximum absolute atomic E-state index is 7.20. The smallest absolute Gasteiger partial charge is 0.0329 e. The number of hydrogen-bond acceptors (Lipinski definition) is 2. The van der Waals surface area contributed by atoms with E-state index in [4.69, 9.17) is 11.1 Å². The van der Waals surface area contributed by atoms with Crippen molar-refractivity contribution < 1.29 is 0 Å². The molecule has 0 aliphatic rings. The van der Waals surface area contributed by atoms with Crippen molar-refractivity contribution in [2.45, 2.75) is 27.2 Å². The van der Waals surface area contributed by atoms with Crippen LogP contribution in [0.15, 0.2) is 11.3 Å². The fourth-order valence-electron chi connectivity index (χ4n) is 0.506. The molecule has 0 saturated carbocycles. The molecule has 0 saturated heterocycles. The van der Waals surface area contributed by atoms with Gasteiger partial charge in [-0.1, -0.05) is 6.92 Å². The van der Waals surface area contributed by atoms with Crippen molar-refractivity contribution in [3.05, 3.63) is 11.3 Å². The Bertz CT molecular complexity index is 145. The van der Waals surface area contributed by atoms with Gasteiger partial charge in [-0.2, -0.15) is 0 Å². The fourth-order valence-corrected chi connectivity index (χ4v) is 0.506. The summed E-state index contributed by atoms with van der Waals surface area (Å²) >= 11 is 0. The second-order valence-electron chi connectivity index (χ2n) is 2.13. The van der Waals surface area contributed by atoms with E-state index >= 15 is 0 Å². The van der Waals surface area contributed by atoms with Crippen LogP contribution in [-0.4, -0.2) is 5.71 Å². The predicted molar refractivity (Wildman–Crippen MR) is 40.6 cm³/mol. The van der Waals surface area contributed by atoms with Crippen LogP contribution in [0.4, 0.5) is 0 Å². The first-order valence-corrected chi connectivity index (χ1v) is 3.10. The highest BCUT2D eigenvalue weighted by atomic mass is 14.6. The van der Waals surface area contributed by atoms with Crippen LogP contribution < -0.4 is 5.73 Å². The van der Waals surface area contributed by atoms with Crippen LogP contribution in [0.1, 0.15) is 27.2 Å². The molecule has 0 rings (SSSR count). The summed E-state index contributed by atoms with van der Waals surface area (Å²) in [6.07, 6.45) is 0.835. The van der Waals surface area contributed by atoms with Gasteiger partial charge >= 0.3 is 0 Å². The molecule has 0 bridgehead atoms. The third-order valence-corrected chi connectivity index (χ3v) is 1.43. The van der Waals surface area contributed by atoms with Gasteiger partial charge in [0.25, 0.3) is 0 Å². The van der Waals surface area contributed by atoms with Gasteiger partial charge in [-0.25, -0.2) is 0 Å². The predicted octanol–water partition coefficient (Wildman–Crippen LogP) is 1.67. The first-order valence-electron chi connectivity index (χ1n) is 3.10. The monoisotopic (exact) mass is 126 g/mol. The maximum atomic E-state index is 7.20. The highest BCUT2D eigenvalue weighted by Gasteiger charge is 1.95. The minimum Gasteiger partial charge on any atom is -0.402 e. The van der Waals surface area contributed by atoms with E-state index in [0.29, 0.717) is 5.71 Å². The van der Waals surface area contributed by atoms with Crippen LogP contribution in [0.25, 0.3) is 0 Å². The van der Waals surface area contributed by atoms with Gasteiger partial charge in [0.2, 0.25) is 0 Å². The summed E-state index contributed by atoms with van der Waals surface area (Å²) < 4.78 is 0. The Labute approximate surface area is 56.3 Å². The van der Waals surface area contributed by atoms with E-state index in [0.717, 1.165) is 17.7 Å². The Kier molecular flexibility index (Phi) is 2.99. The normalized spacial score (nSPS) is 12.8. The summed E-state index contributed by atoms with van der Waals surface area (Å²) in [7, 11) is 0. The summed E-state index contributed by atoms with van der Waals surface area (Å²) in [5.74, 6) is 0. The zero-order valence-electron chi connectivity index (χ0n) is 6.28. The molecule has 3 N–H and O–H groups in total. The van der Waals surface area contributed by atoms with Crippen molar-refractivity contribution in [3.63, 3.8) is 0 Å². The van der Waals surface area contributed by atoms with Crippen LogP contribution >= 0.6 is 0 Å². The standard InChI is InChI=1S/C7H14N2/c1-4-7(9)5(2)6(3)8/h8H,4,9H2,1-3H3/b7-5-,8-6?. The minimum absolute atomic E-state index is 0.564. The first kappa shape index (κ1) is 8.21. The molecule has 0 aromatic rings. The summed E-state index contributed by atoms with van der Waals surface area (Å²) in [6, 6.07) is 0. The van der Waals surface area contributed by atoms with Gasteiger partial charge < -0.3 is 11.1 Å². The van der Waals surface area contributed by atoms with Gasteiger partial charge in [-0.05, 0) is 25.8 Å². The van der Waals surface area contributed by atoms with Crippen LogP contribution in [0.5, 0.6) is 0 Å². The van der Waals surface area contributed by atoms with E-state index in [-0.39, 0.29) is 0 Å². The number of nitrogens with one attached hydrogen (secondary N) is 1. The maximum Gasteiger partial charge on any atom is 0.0329 e. The van der Waals surface area contributed by atoms with E-state index in [1.807, 2.05) is 13.8 Å². The van der Waals surface area contributed by atoms with E-state index < -0.39 is 0 Å². The Balaban J connectivity index is 4.28. The number of rotatable bonds is 2. The number of allylic oxidation sites excluding steroid dienone is 2. The second-order valence-corrected chi connectivity index (χ2v) is 2.13. The van der Waals surface area contributed by atoms with Crippen molar-refractivity contribution in [3.8, 4) is 0 Å². The van der Waals surface area contributed by atoms with Crippen LogP contribution in [0.3, 0.4) is 0 Å². The molecule has 0 amide bonds. The van der Waals surface area contributed by atoms with Crippen molar-refractivity contribution in [1.82, 2.24) is 0 Å². The molecule has 2 nitrogen and oxygen atoms in total. The average Bonchev–Trinajstić information content (AvgIpc) is 1.84. The van der Waals surface area contributed by atoms with Crippen LogP contribution in [0.2, 0.25) is 0 Å². The summed E-state index contributed by atoms with van der Waals surface area (Å²) in [5.41, 5.74) is 7.86. The minimum atomic E-state index is 0.564.